The van der Waals surface area contributed by atoms with Crippen molar-refractivity contribution in [1.29, 1.82) is 0 Å². The summed E-state index contributed by atoms with van der Waals surface area (Å²) in [4.78, 5) is 13.6. The van der Waals surface area contributed by atoms with Crippen LogP contribution in [0.5, 0.6) is 0 Å². The van der Waals surface area contributed by atoms with E-state index in [2.05, 4.69) is 15.0 Å². The first-order valence-corrected chi connectivity index (χ1v) is 10.0. The third kappa shape index (κ3) is 3.54. The van der Waals surface area contributed by atoms with Gasteiger partial charge < -0.3 is 0 Å². The highest BCUT2D eigenvalue weighted by molar-refractivity contribution is 7.98. The van der Waals surface area contributed by atoms with Crippen molar-refractivity contribution in [3.63, 3.8) is 0 Å². The van der Waals surface area contributed by atoms with Crippen LogP contribution in [0.4, 0.5) is 8.78 Å². The standard InChI is InChI=1S/C19H14F2N4S2/c1-11-3-5-13(6-4-11)27-25-10-15(14-7-12(20)8-23-18(14)25)17-22-9-16(21)19(24-17)26-2/h3-10H,1-2H3. The molecule has 0 N–H and O–H groups in total. The van der Waals surface area contributed by atoms with Gasteiger partial charge in [0.05, 0.1) is 12.4 Å². The number of pyridine rings is 1. The monoisotopic (exact) mass is 400 g/mol. The molecule has 0 unspecified atom stereocenters. The molecule has 0 saturated heterocycles. The van der Waals surface area contributed by atoms with Crippen molar-refractivity contribution in [3.05, 3.63) is 66.1 Å². The van der Waals surface area contributed by atoms with Gasteiger partial charge in [0.25, 0.3) is 0 Å². The number of hydrogen-bond acceptors (Lipinski definition) is 5. The molecule has 8 heteroatoms. The molecule has 4 rings (SSSR count). The second-order valence-electron chi connectivity index (χ2n) is 5.85. The summed E-state index contributed by atoms with van der Waals surface area (Å²) in [6, 6.07) is 9.46. The predicted molar refractivity (Wildman–Crippen MR) is 105 cm³/mol. The first kappa shape index (κ1) is 17.9. The molecular formula is C19H14F2N4S2. The Labute approximate surface area is 163 Å². The van der Waals surface area contributed by atoms with E-state index in [-0.39, 0.29) is 5.03 Å². The number of halogens is 2. The van der Waals surface area contributed by atoms with Gasteiger partial charge in [0, 0.05) is 22.0 Å². The van der Waals surface area contributed by atoms with Gasteiger partial charge in [-0.25, -0.2) is 23.7 Å². The van der Waals surface area contributed by atoms with E-state index >= 15 is 0 Å². The molecule has 4 nitrogen and oxygen atoms in total. The quantitative estimate of drug-likeness (QED) is 0.341. The molecule has 0 aliphatic carbocycles. The maximum atomic E-state index is 13.8. The second-order valence-corrected chi connectivity index (χ2v) is 7.69. The Morgan fingerprint density at radius 1 is 1.04 bits per heavy atom. The summed E-state index contributed by atoms with van der Waals surface area (Å²) in [6.45, 7) is 2.02. The van der Waals surface area contributed by atoms with E-state index in [0.29, 0.717) is 22.4 Å². The summed E-state index contributed by atoms with van der Waals surface area (Å²) in [5.74, 6) is -0.594. The van der Waals surface area contributed by atoms with Gasteiger partial charge >= 0.3 is 0 Å². The molecule has 27 heavy (non-hydrogen) atoms. The van der Waals surface area contributed by atoms with Crippen LogP contribution in [-0.4, -0.2) is 25.2 Å². The molecule has 0 radical (unpaired) electrons. The lowest BCUT2D eigenvalue weighted by Crippen LogP contribution is -1.93. The molecule has 0 atom stereocenters. The Bertz CT molecular complexity index is 1130. The smallest absolute Gasteiger partial charge is 0.173 e. The van der Waals surface area contributed by atoms with Crippen LogP contribution in [0.15, 0.2) is 58.8 Å². The Hall–Kier alpha value is -2.45. The highest BCUT2D eigenvalue weighted by Gasteiger charge is 2.17. The van der Waals surface area contributed by atoms with Gasteiger partial charge in [-0.3, -0.25) is 3.97 Å². The third-order valence-electron chi connectivity index (χ3n) is 3.95. The fourth-order valence-corrected chi connectivity index (χ4v) is 3.94. The van der Waals surface area contributed by atoms with Crippen LogP contribution in [0.2, 0.25) is 0 Å². The molecule has 0 aliphatic rings. The highest BCUT2D eigenvalue weighted by atomic mass is 32.2. The van der Waals surface area contributed by atoms with Gasteiger partial charge in [0.2, 0.25) is 0 Å². The predicted octanol–water partition coefficient (Wildman–Crippen LogP) is 5.36. The van der Waals surface area contributed by atoms with Crippen molar-refractivity contribution in [2.24, 2.45) is 0 Å². The van der Waals surface area contributed by atoms with Gasteiger partial charge in [-0.05, 0) is 43.3 Å². The summed E-state index contributed by atoms with van der Waals surface area (Å²) in [5, 5.41) is 0.824. The molecule has 1 aromatic carbocycles. The highest BCUT2D eigenvalue weighted by Crippen LogP contribution is 2.34. The van der Waals surface area contributed by atoms with Crippen LogP contribution in [0.1, 0.15) is 5.56 Å². The topological polar surface area (TPSA) is 43.6 Å². The molecule has 3 heterocycles. The molecule has 0 bridgehead atoms. The maximum absolute atomic E-state index is 13.8. The molecule has 3 aromatic heterocycles. The first-order chi connectivity index (χ1) is 13.0. The minimum absolute atomic E-state index is 0.247. The van der Waals surface area contributed by atoms with Crippen LogP contribution >= 0.6 is 23.7 Å². The molecule has 136 valence electrons. The number of nitrogens with zero attached hydrogens (tertiary/aromatic N) is 4. The molecule has 0 aliphatic heterocycles. The van der Waals surface area contributed by atoms with Gasteiger partial charge in [-0.1, -0.05) is 17.7 Å². The summed E-state index contributed by atoms with van der Waals surface area (Å²) in [5.41, 5.74) is 2.37. The van der Waals surface area contributed by atoms with Crippen LogP contribution in [0.3, 0.4) is 0 Å². The van der Waals surface area contributed by atoms with E-state index in [1.807, 2.05) is 35.2 Å². The number of fused-ring (bicyclic) bond motifs is 1. The average molecular weight is 400 g/mol. The largest absolute Gasteiger partial charge is 0.270 e. The fourth-order valence-electron chi connectivity index (χ4n) is 2.64. The molecular weight excluding hydrogens is 386 g/mol. The summed E-state index contributed by atoms with van der Waals surface area (Å²) >= 11 is 2.65. The Morgan fingerprint density at radius 3 is 2.56 bits per heavy atom. The van der Waals surface area contributed by atoms with Gasteiger partial charge in [-0.2, -0.15) is 0 Å². The number of benzene rings is 1. The first-order valence-electron chi connectivity index (χ1n) is 8.03. The molecule has 0 saturated carbocycles. The van der Waals surface area contributed by atoms with Crippen LogP contribution in [-0.2, 0) is 0 Å². The summed E-state index contributed by atoms with van der Waals surface area (Å²) < 4.78 is 29.4. The lowest BCUT2D eigenvalue weighted by molar-refractivity contribution is 0.580. The van der Waals surface area contributed by atoms with Crippen molar-refractivity contribution in [3.8, 4) is 11.4 Å². The third-order valence-corrected chi connectivity index (χ3v) is 5.58. The van der Waals surface area contributed by atoms with Crippen molar-refractivity contribution < 1.29 is 8.78 Å². The maximum Gasteiger partial charge on any atom is 0.173 e. The van der Waals surface area contributed by atoms with E-state index in [1.165, 1.54) is 41.5 Å². The summed E-state index contributed by atoms with van der Waals surface area (Å²) in [7, 11) is 0. The number of hydrogen-bond donors (Lipinski definition) is 0. The van der Waals surface area contributed by atoms with E-state index in [1.54, 1.807) is 12.5 Å². The van der Waals surface area contributed by atoms with Crippen molar-refractivity contribution in [2.75, 3.05) is 6.26 Å². The number of aromatic nitrogens is 4. The number of thioether (sulfide) groups is 1. The zero-order chi connectivity index (χ0) is 19.0. The van der Waals surface area contributed by atoms with E-state index < -0.39 is 11.6 Å². The normalized spacial score (nSPS) is 11.3. The fraction of sp³-hybridized carbons (Fsp3) is 0.105. The van der Waals surface area contributed by atoms with Crippen molar-refractivity contribution in [2.45, 2.75) is 16.8 Å². The van der Waals surface area contributed by atoms with Gasteiger partial charge in [0.1, 0.15) is 10.8 Å². The van der Waals surface area contributed by atoms with E-state index in [9.17, 15) is 8.78 Å². The van der Waals surface area contributed by atoms with E-state index in [0.717, 1.165) is 11.1 Å². The zero-order valence-electron chi connectivity index (χ0n) is 14.5. The van der Waals surface area contributed by atoms with E-state index in [4.69, 9.17) is 0 Å². The average Bonchev–Trinajstić information content (AvgIpc) is 3.01. The lowest BCUT2D eigenvalue weighted by atomic mass is 10.2. The van der Waals surface area contributed by atoms with Crippen molar-refractivity contribution in [1.82, 2.24) is 18.9 Å². The zero-order valence-corrected chi connectivity index (χ0v) is 16.1. The Balaban J connectivity index is 1.86. The molecule has 0 amide bonds. The molecule has 0 spiro atoms. The Morgan fingerprint density at radius 2 is 1.81 bits per heavy atom. The van der Waals surface area contributed by atoms with Crippen LogP contribution in [0, 0.1) is 18.6 Å². The van der Waals surface area contributed by atoms with Crippen LogP contribution < -0.4 is 0 Å². The minimum Gasteiger partial charge on any atom is -0.270 e. The molecule has 4 aromatic rings. The van der Waals surface area contributed by atoms with Crippen molar-refractivity contribution >= 4 is 34.7 Å². The number of aryl methyl sites for hydroxylation is 1. The minimum atomic E-state index is -0.478. The summed E-state index contributed by atoms with van der Waals surface area (Å²) in [6.07, 6.45) is 5.86. The lowest BCUT2D eigenvalue weighted by Gasteiger charge is -2.04. The molecule has 0 fully saturated rings. The van der Waals surface area contributed by atoms with Gasteiger partial charge in [0.15, 0.2) is 17.3 Å². The second kappa shape index (κ2) is 7.28. The van der Waals surface area contributed by atoms with Crippen LogP contribution in [0.25, 0.3) is 22.4 Å². The van der Waals surface area contributed by atoms with Gasteiger partial charge in [-0.15, -0.1) is 11.8 Å². The Kier molecular flexibility index (Phi) is 4.84. The number of rotatable bonds is 4. The SMILES string of the molecule is CSc1nc(-c2cn(Sc3ccc(C)cc3)c3ncc(F)cc23)ncc1F.